The molecular weight excluding hydrogens is 310 g/mol. The van der Waals surface area contributed by atoms with Gasteiger partial charge in [-0.25, -0.2) is 9.78 Å². The number of pyridine rings is 1. The predicted molar refractivity (Wildman–Crippen MR) is 74.4 cm³/mol. The van der Waals surface area contributed by atoms with Crippen molar-refractivity contribution >= 4 is 21.9 Å². The minimum atomic E-state index is -1.09. The lowest BCUT2D eigenvalue weighted by Gasteiger charge is -2.10. The zero-order valence-electron chi connectivity index (χ0n) is 10.3. The summed E-state index contributed by atoms with van der Waals surface area (Å²) in [6.45, 7) is 2.02. The molecule has 0 saturated carbocycles. The van der Waals surface area contributed by atoms with Gasteiger partial charge in [0.15, 0.2) is 11.4 Å². The van der Waals surface area contributed by atoms with E-state index in [4.69, 9.17) is 9.84 Å². The van der Waals surface area contributed by atoms with E-state index in [1.165, 1.54) is 0 Å². The van der Waals surface area contributed by atoms with Crippen LogP contribution < -0.4 is 4.74 Å². The summed E-state index contributed by atoms with van der Waals surface area (Å²) in [6.07, 6.45) is 0. The standard InChI is InChI=1S/C14H12BrNO3/c1-9-6-7-12(13(16-9)14(17)18)19-8-10-4-2-3-5-11(10)15/h2-7H,8H2,1H3,(H,17,18). The van der Waals surface area contributed by atoms with Crippen LogP contribution in [0.2, 0.25) is 0 Å². The Hall–Kier alpha value is -1.88. The lowest BCUT2D eigenvalue weighted by atomic mass is 10.2. The zero-order valence-corrected chi connectivity index (χ0v) is 11.8. The van der Waals surface area contributed by atoms with Gasteiger partial charge in [0.25, 0.3) is 0 Å². The van der Waals surface area contributed by atoms with Gasteiger partial charge in [0, 0.05) is 15.7 Å². The van der Waals surface area contributed by atoms with Crippen LogP contribution in [0.25, 0.3) is 0 Å². The van der Waals surface area contributed by atoms with Gasteiger partial charge >= 0.3 is 5.97 Å². The van der Waals surface area contributed by atoms with Crippen molar-refractivity contribution in [2.45, 2.75) is 13.5 Å². The molecule has 1 aromatic carbocycles. The topological polar surface area (TPSA) is 59.4 Å². The summed E-state index contributed by atoms with van der Waals surface area (Å²) in [7, 11) is 0. The van der Waals surface area contributed by atoms with Gasteiger partial charge < -0.3 is 9.84 Å². The van der Waals surface area contributed by atoms with Crippen LogP contribution in [0.15, 0.2) is 40.9 Å². The number of carboxylic acids is 1. The third kappa shape index (κ3) is 3.32. The number of carbonyl (C=O) groups is 1. The van der Waals surface area contributed by atoms with E-state index in [0.717, 1.165) is 10.0 Å². The number of aromatic carboxylic acids is 1. The van der Waals surface area contributed by atoms with Crippen LogP contribution >= 0.6 is 15.9 Å². The van der Waals surface area contributed by atoms with Crippen molar-refractivity contribution in [1.29, 1.82) is 0 Å². The first-order chi connectivity index (χ1) is 9.08. The van der Waals surface area contributed by atoms with Crippen LogP contribution in [0, 0.1) is 6.92 Å². The quantitative estimate of drug-likeness (QED) is 0.937. The molecule has 0 aliphatic heterocycles. The molecule has 0 aliphatic carbocycles. The predicted octanol–water partition coefficient (Wildman–Crippen LogP) is 3.43. The summed E-state index contributed by atoms with van der Waals surface area (Å²) in [6, 6.07) is 11.0. The largest absolute Gasteiger partial charge is 0.486 e. The van der Waals surface area contributed by atoms with Gasteiger partial charge in [0.1, 0.15) is 6.61 Å². The molecule has 0 unspecified atom stereocenters. The number of hydrogen-bond donors (Lipinski definition) is 1. The van der Waals surface area contributed by atoms with Gasteiger partial charge in [0.2, 0.25) is 0 Å². The Morgan fingerprint density at radius 2 is 2.05 bits per heavy atom. The fourth-order valence-electron chi connectivity index (χ4n) is 1.58. The first kappa shape index (κ1) is 13.5. The number of halogens is 1. The molecule has 4 nitrogen and oxygen atoms in total. The Labute approximate surface area is 119 Å². The van der Waals surface area contributed by atoms with Gasteiger partial charge in [-0.2, -0.15) is 0 Å². The molecule has 0 fully saturated rings. The van der Waals surface area contributed by atoms with Gasteiger partial charge in [-0.1, -0.05) is 34.1 Å². The molecule has 0 bridgehead atoms. The summed E-state index contributed by atoms with van der Waals surface area (Å²) >= 11 is 3.42. The Balaban J connectivity index is 2.20. The Morgan fingerprint density at radius 1 is 1.32 bits per heavy atom. The number of nitrogens with zero attached hydrogens (tertiary/aromatic N) is 1. The fraction of sp³-hybridized carbons (Fsp3) is 0.143. The highest BCUT2D eigenvalue weighted by Gasteiger charge is 2.13. The first-order valence-corrected chi connectivity index (χ1v) is 6.44. The minimum Gasteiger partial charge on any atom is -0.486 e. The van der Waals surface area contributed by atoms with E-state index in [0.29, 0.717) is 5.69 Å². The molecule has 0 spiro atoms. The highest BCUT2D eigenvalue weighted by molar-refractivity contribution is 9.10. The molecule has 0 atom stereocenters. The molecule has 2 rings (SSSR count). The number of aromatic nitrogens is 1. The van der Waals surface area contributed by atoms with E-state index in [1.807, 2.05) is 24.3 Å². The zero-order chi connectivity index (χ0) is 13.8. The van der Waals surface area contributed by atoms with Crippen molar-refractivity contribution in [2.24, 2.45) is 0 Å². The second kappa shape index (κ2) is 5.84. The summed E-state index contributed by atoms with van der Waals surface area (Å²) in [5, 5.41) is 9.09. The van der Waals surface area contributed by atoms with Crippen LogP contribution in [-0.2, 0) is 6.61 Å². The summed E-state index contributed by atoms with van der Waals surface area (Å²) < 4.78 is 6.47. The van der Waals surface area contributed by atoms with E-state index in [-0.39, 0.29) is 18.1 Å². The molecule has 1 heterocycles. The van der Waals surface area contributed by atoms with E-state index in [1.54, 1.807) is 19.1 Å². The first-order valence-electron chi connectivity index (χ1n) is 5.65. The molecule has 1 N–H and O–H groups in total. The average molecular weight is 322 g/mol. The number of benzene rings is 1. The Morgan fingerprint density at radius 3 is 2.74 bits per heavy atom. The number of ether oxygens (including phenoxy) is 1. The SMILES string of the molecule is Cc1ccc(OCc2ccccc2Br)c(C(=O)O)n1. The molecule has 0 aliphatic rings. The van der Waals surface area contributed by atoms with Crippen molar-refractivity contribution in [3.8, 4) is 5.75 Å². The van der Waals surface area contributed by atoms with Gasteiger partial charge in [0.05, 0.1) is 0 Å². The van der Waals surface area contributed by atoms with E-state index >= 15 is 0 Å². The highest BCUT2D eigenvalue weighted by Crippen LogP contribution is 2.21. The minimum absolute atomic E-state index is 0.0629. The third-order valence-electron chi connectivity index (χ3n) is 2.54. The normalized spacial score (nSPS) is 10.2. The van der Waals surface area contributed by atoms with E-state index < -0.39 is 5.97 Å². The van der Waals surface area contributed by atoms with Crippen molar-refractivity contribution in [2.75, 3.05) is 0 Å². The molecule has 2 aromatic rings. The fourth-order valence-corrected chi connectivity index (χ4v) is 1.98. The van der Waals surface area contributed by atoms with Crippen molar-refractivity contribution in [1.82, 2.24) is 4.98 Å². The number of hydrogen-bond acceptors (Lipinski definition) is 3. The summed E-state index contributed by atoms with van der Waals surface area (Å²) in [4.78, 5) is 15.1. The van der Waals surface area contributed by atoms with Gasteiger partial charge in [-0.05, 0) is 25.1 Å². The Bertz CT molecular complexity index is 613. The number of rotatable bonds is 4. The van der Waals surface area contributed by atoms with Crippen LogP contribution in [0.3, 0.4) is 0 Å². The molecule has 0 radical (unpaired) electrons. The van der Waals surface area contributed by atoms with Crippen LogP contribution in [0.5, 0.6) is 5.75 Å². The maximum absolute atomic E-state index is 11.1. The molecule has 5 heteroatoms. The molecule has 19 heavy (non-hydrogen) atoms. The second-order valence-electron chi connectivity index (χ2n) is 3.98. The summed E-state index contributed by atoms with van der Waals surface area (Å²) in [5.41, 5.74) is 1.53. The maximum atomic E-state index is 11.1. The molecule has 0 amide bonds. The number of aryl methyl sites for hydroxylation is 1. The summed E-state index contributed by atoms with van der Waals surface area (Å²) in [5.74, 6) is -0.820. The van der Waals surface area contributed by atoms with Crippen LogP contribution in [0.4, 0.5) is 0 Å². The van der Waals surface area contributed by atoms with Gasteiger partial charge in [-0.3, -0.25) is 0 Å². The Kier molecular flexibility index (Phi) is 4.16. The highest BCUT2D eigenvalue weighted by atomic mass is 79.9. The molecule has 0 saturated heterocycles. The van der Waals surface area contributed by atoms with Crippen molar-refractivity contribution < 1.29 is 14.6 Å². The smallest absolute Gasteiger partial charge is 0.358 e. The molecule has 1 aromatic heterocycles. The van der Waals surface area contributed by atoms with E-state index in [2.05, 4.69) is 20.9 Å². The molecule has 98 valence electrons. The van der Waals surface area contributed by atoms with Crippen molar-refractivity contribution in [3.05, 3.63) is 57.8 Å². The monoisotopic (exact) mass is 321 g/mol. The van der Waals surface area contributed by atoms with E-state index in [9.17, 15) is 4.79 Å². The van der Waals surface area contributed by atoms with Crippen molar-refractivity contribution in [3.63, 3.8) is 0 Å². The lowest BCUT2D eigenvalue weighted by Crippen LogP contribution is -2.07. The average Bonchev–Trinajstić information content (AvgIpc) is 2.38. The number of carboxylic acid groups (broad SMARTS) is 1. The van der Waals surface area contributed by atoms with Gasteiger partial charge in [-0.15, -0.1) is 0 Å². The molecular formula is C14H12BrNO3. The van der Waals surface area contributed by atoms with Crippen LogP contribution in [0.1, 0.15) is 21.7 Å². The maximum Gasteiger partial charge on any atom is 0.358 e. The third-order valence-corrected chi connectivity index (χ3v) is 3.31. The second-order valence-corrected chi connectivity index (χ2v) is 4.84. The lowest BCUT2D eigenvalue weighted by molar-refractivity contribution is 0.0684. The van der Waals surface area contributed by atoms with Crippen LogP contribution in [-0.4, -0.2) is 16.1 Å².